The van der Waals surface area contributed by atoms with Crippen molar-refractivity contribution in [1.29, 1.82) is 0 Å². The molecule has 0 atom stereocenters. The lowest BCUT2D eigenvalue weighted by atomic mass is 10.1. The van der Waals surface area contributed by atoms with Crippen LogP contribution in [-0.4, -0.2) is 55.4 Å². The first-order chi connectivity index (χ1) is 9.99. The Hall–Kier alpha value is -1.31. The molecule has 0 heterocycles. The van der Waals surface area contributed by atoms with Crippen LogP contribution in [-0.2, 0) is 6.42 Å². The zero-order valence-electron chi connectivity index (χ0n) is 13.5. The first-order valence-corrected chi connectivity index (χ1v) is 7.32. The average molecular weight is 416 g/mol. The van der Waals surface area contributed by atoms with Gasteiger partial charge < -0.3 is 15.5 Å². The predicted molar refractivity (Wildman–Crippen MR) is 101 cm³/mol. The van der Waals surface area contributed by atoms with Gasteiger partial charge in [0.25, 0.3) is 5.91 Å². The predicted octanol–water partition coefficient (Wildman–Crippen LogP) is 1.96. The standard InChI is InChI=1S/C16H24N4O.HI/c1-19(2)15(21)13-6-4-5-12(11-13)9-10-18-16(17)20(3)14-7-8-14;/h4-6,11,14H,7-10H2,1-3H3,(H2,17,18);1H. The van der Waals surface area contributed by atoms with Gasteiger partial charge >= 0.3 is 0 Å². The number of guanidine groups is 1. The Morgan fingerprint density at radius 1 is 1.32 bits per heavy atom. The number of carbonyl (C=O) groups is 1. The van der Waals surface area contributed by atoms with Crippen LogP contribution in [0.4, 0.5) is 0 Å². The molecule has 122 valence electrons. The maximum atomic E-state index is 11.9. The molecule has 0 bridgehead atoms. The monoisotopic (exact) mass is 416 g/mol. The minimum absolute atomic E-state index is 0. The Kier molecular flexibility index (Phi) is 7.12. The average Bonchev–Trinajstić information content (AvgIpc) is 3.30. The summed E-state index contributed by atoms with van der Waals surface area (Å²) in [6.45, 7) is 0.641. The van der Waals surface area contributed by atoms with Gasteiger partial charge in [-0.3, -0.25) is 9.79 Å². The Bertz CT molecular complexity index is 541. The normalized spacial score (nSPS) is 14.2. The van der Waals surface area contributed by atoms with Crippen LogP contribution < -0.4 is 5.73 Å². The molecule has 1 amide bonds. The summed E-state index contributed by atoms with van der Waals surface area (Å²) in [5.74, 6) is 0.631. The Morgan fingerprint density at radius 2 is 2.00 bits per heavy atom. The highest BCUT2D eigenvalue weighted by molar-refractivity contribution is 14.0. The molecule has 0 aromatic heterocycles. The zero-order valence-corrected chi connectivity index (χ0v) is 15.8. The van der Waals surface area contributed by atoms with Crippen molar-refractivity contribution in [2.45, 2.75) is 25.3 Å². The van der Waals surface area contributed by atoms with Crippen LogP contribution in [0.5, 0.6) is 0 Å². The summed E-state index contributed by atoms with van der Waals surface area (Å²) in [5, 5.41) is 0. The summed E-state index contributed by atoms with van der Waals surface area (Å²) in [6.07, 6.45) is 3.20. The van der Waals surface area contributed by atoms with Crippen LogP contribution in [0.1, 0.15) is 28.8 Å². The first-order valence-electron chi connectivity index (χ1n) is 7.32. The summed E-state index contributed by atoms with van der Waals surface area (Å²) in [4.78, 5) is 20.0. The molecule has 6 heteroatoms. The molecule has 0 spiro atoms. The first kappa shape index (κ1) is 18.7. The highest BCUT2D eigenvalue weighted by Gasteiger charge is 2.27. The fourth-order valence-electron chi connectivity index (χ4n) is 2.18. The highest BCUT2D eigenvalue weighted by Crippen LogP contribution is 2.24. The number of hydrogen-bond acceptors (Lipinski definition) is 2. The van der Waals surface area contributed by atoms with Crippen LogP contribution in [0, 0.1) is 0 Å². The SMILES string of the molecule is CN(C)C(=O)c1cccc(CCN=C(N)N(C)C2CC2)c1.I. The van der Waals surface area contributed by atoms with E-state index in [1.54, 1.807) is 19.0 Å². The molecule has 0 unspecified atom stereocenters. The van der Waals surface area contributed by atoms with E-state index in [0.29, 0.717) is 24.1 Å². The summed E-state index contributed by atoms with van der Waals surface area (Å²) in [5.41, 5.74) is 7.77. The summed E-state index contributed by atoms with van der Waals surface area (Å²) in [6, 6.07) is 8.27. The second-order valence-electron chi connectivity index (χ2n) is 5.73. The van der Waals surface area contributed by atoms with Crippen molar-refractivity contribution in [2.75, 3.05) is 27.7 Å². The van der Waals surface area contributed by atoms with Crippen molar-refractivity contribution in [2.24, 2.45) is 10.7 Å². The van der Waals surface area contributed by atoms with E-state index in [4.69, 9.17) is 5.73 Å². The molecule has 22 heavy (non-hydrogen) atoms. The molecule has 5 nitrogen and oxygen atoms in total. The van der Waals surface area contributed by atoms with Gasteiger partial charge in [-0.15, -0.1) is 24.0 Å². The molecule has 1 aliphatic carbocycles. The number of rotatable bonds is 5. The van der Waals surface area contributed by atoms with E-state index in [9.17, 15) is 4.79 Å². The Balaban J connectivity index is 0.00000242. The van der Waals surface area contributed by atoms with Crippen LogP contribution in [0.3, 0.4) is 0 Å². The van der Waals surface area contributed by atoms with Gasteiger partial charge in [-0.05, 0) is 37.0 Å². The molecule has 1 aromatic carbocycles. The van der Waals surface area contributed by atoms with Gasteiger partial charge in [-0.1, -0.05) is 12.1 Å². The molecule has 0 saturated heterocycles. The highest BCUT2D eigenvalue weighted by atomic mass is 127. The van der Waals surface area contributed by atoms with Crippen LogP contribution in [0.2, 0.25) is 0 Å². The fourth-order valence-corrected chi connectivity index (χ4v) is 2.18. The molecule has 2 rings (SSSR count). The zero-order chi connectivity index (χ0) is 15.4. The third-order valence-corrected chi connectivity index (χ3v) is 3.71. The Labute approximate surface area is 149 Å². The topological polar surface area (TPSA) is 61.9 Å². The quantitative estimate of drug-likeness (QED) is 0.454. The van der Waals surface area contributed by atoms with E-state index >= 15 is 0 Å². The number of benzene rings is 1. The lowest BCUT2D eigenvalue weighted by Crippen LogP contribution is -2.35. The smallest absolute Gasteiger partial charge is 0.253 e. The van der Waals surface area contributed by atoms with Crippen LogP contribution in [0.15, 0.2) is 29.3 Å². The van der Waals surface area contributed by atoms with Crippen molar-refractivity contribution >= 4 is 35.8 Å². The van der Waals surface area contributed by atoms with Crippen LogP contribution >= 0.6 is 24.0 Å². The number of aliphatic imine (C=N–C) groups is 1. The van der Waals surface area contributed by atoms with Gasteiger partial charge in [0.2, 0.25) is 0 Å². The van der Waals surface area contributed by atoms with Gasteiger partial charge in [0.15, 0.2) is 5.96 Å². The summed E-state index contributed by atoms with van der Waals surface area (Å²) in [7, 11) is 5.51. The molecule has 1 fully saturated rings. The lowest BCUT2D eigenvalue weighted by Gasteiger charge is -2.16. The van der Waals surface area contributed by atoms with Crippen LogP contribution in [0.25, 0.3) is 0 Å². The van der Waals surface area contributed by atoms with Crippen molar-refractivity contribution in [1.82, 2.24) is 9.80 Å². The van der Waals surface area contributed by atoms with E-state index in [1.807, 2.05) is 36.2 Å². The minimum Gasteiger partial charge on any atom is -0.370 e. The van der Waals surface area contributed by atoms with Crippen molar-refractivity contribution in [3.63, 3.8) is 0 Å². The van der Waals surface area contributed by atoms with Crippen molar-refractivity contribution in [3.05, 3.63) is 35.4 Å². The number of halogens is 1. The second-order valence-corrected chi connectivity index (χ2v) is 5.73. The van der Waals surface area contributed by atoms with E-state index in [0.717, 1.165) is 12.0 Å². The van der Waals surface area contributed by atoms with Gasteiger partial charge in [-0.2, -0.15) is 0 Å². The third-order valence-electron chi connectivity index (χ3n) is 3.71. The molecular weight excluding hydrogens is 391 g/mol. The van der Waals surface area contributed by atoms with E-state index in [2.05, 4.69) is 4.99 Å². The Morgan fingerprint density at radius 3 is 2.59 bits per heavy atom. The lowest BCUT2D eigenvalue weighted by molar-refractivity contribution is 0.0827. The number of nitrogens with two attached hydrogens (primary N) is 1. The molecule has 1 aromatic rings. The van der Waals surface area contributed by atoms with Gasteiger partial charge in [0.05, 0.1) is 0 Å². The molecular formula is C16H25IN4O. The van der Waals surface area contributed by atoms with Crippen molar-refractivity contribution < 1.29 is 4.79 Å². The van der Waals surface area contributed by atoms with E-state index < -0.39 is 0 Å². The largest absolute Gasteiger partial charge is 0.370 e. The molecule has 0 aliphatic heterocycles. The fraction of sp³-hybridized carbons (Fsp3) is 0.500. The minimum atomic E-state index is 0. The van der Waals surface area contributed by atoms with Crippen molar-refractivity contribution in [3.8, 4) is 0 Å². The summed E-state index contributed by atoms with van der Waals surface area (Å²) >= 11 is 0. The maximum absolute atomic E-state index is 11.9. The number of nitrogens with zero attached hydrogens (tertiary/aromatic N) is 3. The van der Waals surface area contributed by atoms with E-state index in [1.165, 1.54) is 12.8 Å². The number of amides is 1. The molecule has 1 saturated carbocycles. The maximum Gasteiger partial charge on any atom is 0.253 e. The van der Waals surface area contributed by atoms with Gasteiger partial charge in [0.1, 0.15) is 0 Å². The number of hydrogen-bond donors (Lipinski definition) is 1. The van der Waals surface area contributed by atoms with Gasteiger partial charge in [-0.25, -0.2) is 0 Å². The van der Waals surface area contributed by atoms with Gasteiger partial charge in [0, 0.05) is 39.3 Å². The molecule has 1 aliphatic rings. The molecule has 0 radical (unpaired) electrons. The molecule has 2 N–H and O–H groups in total. The second kappa shape index (κ2) is 8.36. The third kappa shape index (κ3) is 5.15. The summed E-state index contributed by atoms with van der Waals surface area (Å²) < 4.78 is 0. The van der Waals surface area contributed by atoms with E-state index in [-0.39, 0.29) is 29.9 Å². The number of carbonyl (C=O) groups excluding carboxylic acids is 1.